The van der Waals surface area contributed by atoms with Gasteiger partial charge in [0.25, 0.3) is 0 Å². The van der Waals surface area contributed by atoms with Gasteiger partial charge in [-0.15, -0.1) is 0 Å². The first-order valence-electron chi connectivity index (χ1n) is 5.60. The molecular formula is C13H19NO. The van der Waals surface area contributed by atoms with Crippen molar-refractivity contribution in [3.05, 3.63) is 30.1 Å². The average Bonchev–Trinajstić information content (AvgIpc) is 2.28. The third kappa shape index (κ3) is 3.15. The van der Waals surface area contributed by atoms with Crippen molar-refractivity contribution in [1.29, 1.82) is 0 Å². The van der Waals surface area contributed by atoms with Crippen molar-refractivity contribution in [2.24, 2.45) is 5.92 Å². The summed E-state index contributed by atoms with van der Waals surface area (Å²) in [6.07, 6.45) is 5.53. The highest BCUT2D eigenvalue weighted by molar-refractivity contribution is 5.87. The molecule has 2 nitrogen and oxygen atoms in total. The zero-order chi connectivity index (χ0) is 11.3. The number of carbonyl (C=O) groups is 1. The van der Waals surface area contributed by atoms with E-state index in [1.54, 1.807) is 12.4 Å². The molecule has 0 radical (unpaired) electrons. The molecule has 15 heavy (non-hydrogen) atoms. The van der Waals surface area contributed by atoms with E-state index in [2.05, 4.69) is 11.9 Å². The fraction of sp³-hybridized carbons (Fsp3) is 0.538. The van der Waals surface area contributed by atoms with Gasteiger partial charge in [0.2, 0.25) is 0 Å². The summed E-state index contributed by atoms with van der Waals surface area (Å²) in [6.45, 7) is 6.11. The molecule has 1 rings (SSSR count). The Morgan fingerprint density at radius 1 is 1.33 bits per heavy atom. The summed E-state index contributed by atoms with van der Waals surface area (Å²) in [5.74, 6) is 0.496. The molecule has 0 aromatic carbocycles. The van der Waals surface area contributed by atoms with Crippen LogP contribution < -0.4 is 0 Å². The summed E-state index contributed by atoms with van der Waals surface area (Å²) in [6, 6.07) is 3.84. The van der Waals surface area contributed by atoms with E-state index in [4.69, 9.17) is 0 Å². The first-order valence-corrected chi connectivity index (χ1v) is 5.60. The lowest BCUT2D eigenvalue weighted by Gasteiger charge is -2.15. The predicted molar refractivity (Wildman–Crippen MR) is 61.7 cm³/mol. The Labute approximate surface area is 91.7 Å². The van der Waals surface area contributed by atoms with Crippen LogP contribution in [0.1, 0.15) is 45.1 Å². The Balaban J connectivity index is 2.69. The van der Waals surface area contributed by atoms with Crippen molar-refractivity contribution < 1.29 is 4.79 Å². The Morgan fingerprint density at radius 2 is 1.93 bits per heavy atom. The monoisotopic (exact) mass is 205 g/mol. The normalized spacial score (nSPS) is 14.6. The van der Waals surface area contributed by atoms with Crippen molar-refractivity contribution in [2.45, 2.75) is 39.5 Å². The third-order valence-corrected chi connectivity index (χ3v) is 2.84. The van der Waals surface area contributed by atoms with Gasteiger partial charge in [0.15, 0.2) is 0 Å². The van der Waals surface area contributed by atoms with E-state index >= 15 is 0 Å². The molecule has 0 N–H and O–H groups in total. The highest BCUT2D eigenvalue weighted by Gasteiger charge is 2.20. The van der Waals surface area contributed by atoms with Crippen molar-refractivity contribution >= 4 is 5.78 Å². The van der Waals surface area contributed by atoms with E-state index in [1.807, 2.05) is 26.0 Å². The van der Waals surface area contributed by atoms with Gasteiger partial charge >= 0.3 is 0 Å². The highest BCUT2D eigenvalue weighted by atomic mass is 16.1. The van der Waals surface area contributed by atoms with E-state index in [-0.39, 0.29) is 11.8 Å². The minimum absolute atomic E-state index is 0.00505. The molecule has 2 heteroatoms. The van der Waals surface area contributed by atoms with E-state index in [1.165, 1.54) is 0 Å². The van der Waals surface area contributed by atoms with Gasteiger partial charge in [-0.1, -0.05) is 27.2 Å². The average molecular weight is 205 g/mol. The molecule has 2 atom stereocenters. The van der Waals surface area contributed by atoms with Crippen LogP contribution in [-0.2, 0) is 4.79 Å². The Morgan fingerprint density at radius 3 is 2.47 bits per heavy atom. The quantitative estimate of drug-likeness (QED) is 0.739. The van der Waals surface area contributed by atoms with Crippen molar-refractivity contribution in [3.63, 3.8) is 0 Å². The molecule has 1 heterocycles. The minimum atomic E-state index is -0.00505. The molecule has 82 valence electrons. The maximum Gasteiger partial charge on any atom is 0.142 e. The summed E-state index contributed by atoms with van der Waals surface area (Å²) in [5, 5.41) is 0. The minimum Gasteiger partial charge on any atom is -0.299 e. The number of hydrogen-bond acceptors (Lipinski definition) is 2. The van der Waals surface area contributed by atoms with E-state index in [0.29, 0.717) is 5.78 Å². The number of Topliss-reactive ketones (excluding diaryl/α,β-unsaturated/α-hetero) is 1. The second-order valence-electron chi connectivity index (χ2n) is 4.09. The molecule has 0 aliphatic heterocycles. The molecule has 0 saturated carbocycles. The third-order valence-electron chi connectivity index (χ3n) is 2.84. The second-order valence-corrected chi connectivity index (χ2v) is 4.09. The number of carbonyl (C=O) groups excluding carboxylic acids is 1. The van der Waals surface area contributed by atoms with Crippen LogP contribution in [0, 0.1) is 5.92 Å². The Bertz CT molecular complexity index is 308. The fourth-order valence-electron chi connectivity index (χ4n) is 1.82. The Hall–Kier alpha value is -1.18. The van der Waals surface area contributed by atoms with Crippen LogP contribution in [0.15, 0.2) is 24.5 Å². The lowest BCUT2D eigenvalue weighted by atomic mass is 9.88. The van der Waals surface area contributed by atoms with Gasteiger partial charge in [-0.2, -0.15) is 0 Å². The summed E-state index contributed by atoms with van der Waals surface area (Å²) in [7, 11) is 0. The zero-order valence-electron chi connectivity index (χ0n) is 9.73. The van der Waals surface area contributed by atoms with Crippen LogP contribution in [0.4, 0.5) is 0 Å². The van der Waals surface area contributed by atoms with Gasteiger partial charge in [-0.05, 0) is 24.1 Å². The molecule has 0 bridgehead atoms. The smallest absolute Gasteiger partial charge is 0.142 e. The summed E-state index contributed by atoms with van der Waals surface area (Å²) >= 11 is 0. The Kier molecular flexibility index (Phi) is 4.47. The molecule has 0 saturated heterocycles. The number of pyridine rings is 1. The lowest BCUT2D eigenvalue weighted by molar-refractivity contribution is -0.123. The lowest BCUT2D eigenvalue weighted by Crippen LogP contribution is -2.17. The maximum atomic E-state index is 12.0. The molecule has 0 spiro atoms. The first-order chi connectivity index (χ1) is 7.16. The van der Waals surface area contributed by atoms with Crippen molar-refractivity contribution in [1.82, 2.24) is 4.98 Å². The summed E-state index contributed by atoms with van der Waals surface area (Å²) < 4.78 is 0. The summed E-state index contributed by atoms with van der Waals surface area (Å²) in [4.78, 5) is 16.0. The zero-order valence-corrected chi connectivity index (χ0v) is 9.73. The predicted octanol–water partition coefficient (Wildman–Crippen LogP) is 3.19. The van der Waals surface area contributed by atoms with Crippen molar-refractivity contribution in [2.75, 3.05) is 0 Å². The number of aromatic nitrogens is 1. The molecular weight excluding hydrogens is 186 g/mol. The van der Waals surface area contributed by atoms with Gasteiger partial charge in [-0.3, -0.25) is 9.78 Å². The SMILES string of the molecule is CCC[C@H](C)C(=O)[C@H](C)c1ccncc1. The van der Waals surface area contributed by atoms with Gasteiger partial charge in [0, 0.05) is 24.2 Å². The van der Waals surface area contributed by atoms with Crippen LogP contribution in [0.5, 0.6) is 0 Å². The number of nitrogens with zero attached hydrogens (tertiary/aromatic N) is 1. The largest absolute Gasteiger partial charge is 0.299 e. The number of hydrogen-bond donors (Lipinski definition) is 0. The second kappa shape index (κ2) is 5.64. The number of rotatable bonds is 5. The van der Waals surface area contributed by atoms with Crippen LogP contribution in [0.25, 0.3) is 0 Å². The summed E-state index contributed by atoms with van der Waals surface area (Å²) in [5.41, 5.74) is 1.07. The standard InChI is InChI=1S/C13H19NO/c1-4-5-10(2)13(15)11(3)12-6-8-14-9-7-12/h6-11H,4-5H2,1-3H3/t10-,11+/m0/s1. The maximum absolute atomic E-state index is 12.0. The van der Waals surface area contributed by atoms with Crippen LogP contribution >= 0.6 is 0 Å². The highest BCUT2D eigenvalue weighted by Crippen LogP contribution is 2.21. The first kappa shape index (κ1) is 11.9. The molecule has 0 aliphatic carbocycles. The van der Waals surface area contributed by atoms with Gasteiger partial charge in [0.05, 0.1) is 0 Å². The van der Waals surface area contributed by atoms with Crippen molar-refractivity contribution in [3.8, 4) is 0 Å². The molecule has 0 amide bonds. The molecule has 0 unspecified atom stereocenters. The molecule has 0 aliphatic rings. The van der Waals surface area contributed by atoms with E-state index < -0.39 is 0 Å². The molecule has 1 aromatic rings. The number of ketones is 1. The van der Waals surface area contributed by atoms with Gasteiger partial charge in [-0.25, -0.2) is 0 Å². The van der Waals surface area contributed by atoms with Crippen LogP contribution in [0.3, 0.4) is 0 Å². The molecule has 1 aromatic heterocycles. The van der Waals surface area contributed by atoms with Gasteiger partial charge < -0.3 is 0 Å². The van der Waals surface area contributed by atoms with Crippen LogP contribution in [-0.4, -0.2) is 10.8 Å². The topological polar surface area (TPSA) is 30.0 Å². The molecule has 0 fully saturated rings. The van der Waals surface area contributed by atoms with E-state index in [9.17, 15) is 4.79 Å². The van der Waals surface area contributed by atoms with E-state index in [0.717, 1.165) is 18.4 Å². The van der Waals surface area contributed by atoms with Gasteiger partial charge in [0.1, 0.15) is 5.78 Å². The van der Waals surface area contributed by atoms with Crippen LogP contribution in [0.2, 0.25) is 0 Å². The fourth-order valence-corrected chi connectivity index (χ4v) is 1.82.